The first kappa shape index (κ1) is 17.2. The van der Waals surface area contributed by atoms with Crippen LogP contribution in [0.5, 0.6) is 0 Å². The number of hydrogen-bond acceptors (Lipinski definition) is 5. The van der Waals surface area contributed by atoms with Gasteiger partial charge in [-0.1, -0.05) is 5.21 Å². The van der Waals surface area contributed by atoms with Crippen molar-refractivity contribution < 1.29 is 19.4 Å². The SMILES string of the molecule is CC(C)n1nnc(C(=O)O)c1C1CCCN1C(=O)OC(C)(C)C. The average Bonchev–Trinajstić information content (AvgIpc) is 3.02. The Bertz CT molecular complexity index is 603. The van der Waals surface area contributed by atoms with Crippen LogP contribution in [-0.2, 0) is 4.74 Å². The molecule has 1 aromatic rings. The number of nitrogens with zero attached hydrogens (tertiary/aromatic N) is 4. The summed E-state index contributed by atoms with van der Waals surface area (Å²) >= 11 is 0. The Balaban J connectivity index is 2.38. The summed E-state index contributed by atoms with van der Waals surface area (Å²) in [4.78, 5) is 25.5. The van der Waals surface area contributed by atoms with Crippen LogP contribution in [0.2, 0.25) is 0 Å². The minimum atomic E-state index is -1.14. The lowest BCUT2D eigenvalue weighted by molar-refractivity contribution is 0.0214. The van der Waals surface area contributed by atoms with Crippen LogP contribution in [-0.4, -0.2) is 49.2 Å². The molecule has 2 heterocycles. The van der Waals surface area contributed by atoms with Crippen molar-refractivity contribution >= 4 is 12.1 Å². The molecule has 0 aromatic carbocycles. The Labute approximate surface area is 135 Å². The van der Waals surface area contributed by atoms with E-state index in [0.717, 1.165) is 6.42 Å². The molecule has 2 rings (SSSR count). The van der Waals surface area contributed by atoms with Crippen LogP contribution in [0.1, 0.15) is 75.7 Å². The molecule has 1 atom stereocenters. The maximum atomic E-state index is 12.4. The van der Waals surface area contributed by atoms with E-state index in [1.807, 2.05) is 13.8 Å². The van der Waals surface area contributed by atoms with Gasteiger partial charge in [-0.3, -0.25) is 4.90 Å². The van der Waals surface area contributed by atoms with Crippen molar-refractivity contribution in [3.8, 4) is 0 Å². The van der Waals surface area contributed by atoms with Crippen molar-refractivity contribution in [3.63, 3.8) is 0 Å². The summed E-state index contributed by atoms with van der Waals surface area (Å²) in [5, 5.41) is 17.1. The largest absolute Gasteiger partial charge is 0.476 e. The number of likely N-dealkylation sites (tertiary alicyclic amines) is 1. The molecule has 128 valence electrons. The Kier molecular flexibility index (Phi) is 4.63. The normalized spacial score (nSPS) is 18.5. The fourth-order valence-corrected chi connectivity index (χ4v) is 2.74. The summed E-state index contributed by atoms with van der Waals surface area (Å²) in [6.45, 7) is 9.74. The van der Waals surface area contributed by atoms with Gasteiger partial charge in [0.25, 0.3) is 0 Å². The van der Waals surface area contributed by atoms with Crippen molar-refractivity contribution in [1.29, 1.82) is 0 Å². The molecule has 1 amide bonds. The van der Waals surface area contributed by atoms with Gasteiger partial charge in [-0.25, -0.2) is 14.3 Å². The molecule has 23 heavy (non-hydrogen) atoms. The highest BCUT2D eigenvalue weighted by molar-refractivity contribution is 5.87. The van der Waals surface area contributed by atoms with Crippen molar-refractivity contribution in [2.75, 3.05) is 6.54 Å². The van der Waals surface area contributed by atoms with E-state index in [-0.39, 0.29) is 17.8 Å². The molecule has 1 fully saturated rings. The smallest absolute Gasteiger partial charge is 0.410 e. The van der Waals surface area contributed by atoms with Gasteiger partial charge in [0.2, 0.25) is 0 Å². The van der Waals surface area contributed by atoms with E-state index in [4.69, 9.17) is 4.74 Å². The second-order valence-corrected chi connectivity index (χ2v) is 7.00. The molecule has 1 unspecified atom stereocenters. The molecule has 1 aliphatic rings. The van der Waals surface area contributed by atoms with Gasteiger partial charge in [-0.15, -0.1) is 5.10 Å². The molecule has 8 nitrogen and oxygen atoms in total. The fraction of sp³-hybridized carbons (Fsp3) is 0.733. The molecule has 1 aromatic heterocycles. The zero-order chi connectivity index (χ0) is 17.4. The number of hydrogen-bond donors (Lipinski definition) is 1. The standard InChI is InChI=1S/C15H24N4O4/c1-9(2)19-12(11(13(20)21)16-17-19)10-7-6-8-18(10)14(22)23-15(3,4)5/h9-10H,6-8H2,1-5H3,(H,20,21). The monoisotopic (exact) mass is 324 g/mol. The second-order valence-electron chi connectivity index (χ2n) is 7.00. The maximum Gasteiger partial charge on any atom is 0.410 e. The third kappa shape index (κ3) is 3.62. The van der Waals surface area contributed by atoms with E-state index >= 15 is 0 Å². The number of aromatic nitrogens is 3. The summed E-state index contributed by atoms with van der Waals surface area (Å²) < 4.78 is 7.02. The molecule has 0 aliphatic carbocycles. The number of carboxylic acids is 1. The fourth-order valence-electron chi connectivity index (χ4n) is 2.74. The lowest BCUT2D eigenvalue weighted by Crippen LogP contribution is -2.37. The molecule has 0 spiro atoms. The number of aromatic carboxylic acids is 1. The number of ether oxygens (including phenoxy) is 1. The van der Waals surface area contributed by atoms with E-state index in [2.05, 4.69) is 10.3 Å². The van der Waals surface area contributed by atoms with Crippen LogP contribution in [0.3, 0.4) is 0 Å². The summed E-state index contributed by atoms with van der Waals surface area (Å²) in [5.74, 6) is -1.14. The van der Waals surface area contributed by atoms with E-state index in [1.165, 1.54) is 0 Å². The van der Waals surface area contributed by atoms with Crippen molar-refractivity contribution in [2.45, 2.75) is 65.1 Å². The van der Waals surface area contributed by atoms with Gasteiger partial charge in [0.05, 0.1) is 11.7 Å². The van der Waals surface area contributed by atoms with Gasteiger partial charge in [0.15, 0.2) is 5.69 Å². The molecule has 1 N–H and O–H groups in total. The number of carboxylic acid groups (broad SMARTS) is 1. The van der Waals surface area contributed by atoms with Crippen LogP contribution < -0.4 is 0 Å². The van der Waals surface area contributed by atoms with Crippen molar-refractivity contribution in [2.24, 2.45) is 0 Å². The Hall–Kier alpha value is -2.12. The first-order valence-corrected chi connectivity index (χ1v) is 7.80. The van der Waals surface area contributed by atoms with E-state index in [1.54, 1.807) is 30.4 Å². The molecule has 1 aliphatic heterocycles. The van der Waals surface area contributed by atoms with Gasteiger partial charge >= 0.3 is 12.1 Å². The average molecular weight is 324 g/mol. The van der Waals surface area contributed by atoms with Crippen LogP contribution in [0.4, 0.5) is 4.79 Å². The lowest BCUT2D eigenvalue weighted by Gasteiger charge is -2.29. The van der Waals surface area contributed by atoms with E-state index in [0.29, 0.717) is 18.7 Å². The highest BCUT2D eigenvalue weighted by Gasteiger charge is 2.38. The second kappa shape index (κ2) is 6.17. The maximum absolute atomic E-state index is 12.4. The first-order valence-electron chi connectivity index (χ1n) is 7.80. The third-order valence-corrected chi connectivity index (χ3v) is 3.62. The van der Waals surface area contributed by atoms with Gasteiger partial charge in [0.1, 0.15) is 5.60 Å². The highest BCUT2D eigenvalue weighted by Crippen LogP contribution is 2.35. The predicted molar refractivity (Wildman–Crippen MR) is 82.3 cm³/mol. The van der Waals surface area contributed by atoms with Crippen LogP contribution in [0.25, 0.3) is 0 Å². The number of carbonyl (C=O) groups is 2. The minimum Gasteiger partial charge on any atom is -0.476 e. The molecular formula is C15H24N4O4. The summed E-state index contributed by atoms with van der Waals surface area (Å²) in [7, 11) is 0. The van der Waals surface area contributed by atoms with Crippen molar-refractivity contribution in [1.82, 2.24) is 19.9 Å². The van der Waals surface area contributed by atoms with Crippen molar-refractivity contribution in [3.05, 3.63) is 11.4 Å². The van der Waals surface area contributed by atoms with Gasteiger partial charge < -0.3 is 9.84 Å². The summed E-state index contributed by atoms with van der Waals surface area (Å²) in [6.07, 6.45) is 1.01. The zero-order valence-corrected chi connectivity index (χ0v) is 14.2. The van der Waals surface area contributed by atoms with Crippen LogP contribution >= 0.6 is 0 Å². The molecular weight excluding hydrogens is 300 g/mol. The molecule has 8 heteroatoms. The van der Waals surface area contributed by atoms with Gasteiger partial charge in [0, 0.05) is 12.6 Å². The molecule has 0 saturated carbocycles. The minimum absolute atomic E-state index is 0.0494. The Morgan fingerprint density at radius 1 is 1.35 bits per heavy atom. The quantitative estimate of drug-likeness (QED) is 0.918. The summed E-state index contributed by atoms with van der Waals surface area (Å²) in [5.41, 5.74) is -0.230. The topological polar surface area (TPSA) is 97.5 Å². The van der Waals surface area contributed by atoms with Crippen LogP contribution in [0, 0.1) is 0 Å². The van der Waals surface area contributed by atoms with Gasteiger partial charge in [-0.05, 0) is 47.5 Å². The molecule has 0 radical (unpaired) electrons. The highest BCUT2D eigenvalue weighted by atomic mass is 16.6. The lowest BCUT2D eigenvalue weighted by atomic mass is 10.1. The first-order chi connectivity index (χ1) is 10.6. The molecule has 1 saturated heterocycles. The van der Waals surface area contributed by atoms with E-state index < -0.39 is 17.7 Å². The predicted octanol–water partition coefficient (Wildman–Crippen LogP) is 2.63. The third-order valence-electron chi connectivity index (χ3n) is 3.62. The Morgan fingerprint density at radius 2 is 2.00 bits per heavy atom. The van der Waals surface area contributed by atoms with Crippen LogP contribution in [0.15, 0.2) is 0 Å². The van der Waals surface area contributed by atoms with E-state index in [9.17, 15) is 14.7 Å². The number of amides is 1. The van der Waals surface area contributed by atoms with Gasteiger partial charge in [-0.2, -0.15) is 0 Å². The number of carbonyl (C=O) groups excluding carboxylic acids is 1. The zero-order valence-electron chi connectivity index (χ0n) is 14.2. The Morgan fingerprint density at radius 3 is 2.52 bits per heavy atom. The summed E-state index contributed by atoms with van der Waals surface area (Å²) in [6, 6.07) is -0.431. The molecule has 0 bridgehead atoms. The number of rotatable bonds is 3.